The van der Waals surface area contributed by atoms with Crippen LogP contribution in [0, 0.1) is 18.3 Å². The average Bonchev–Trinajstić information content (AvgIpc) is 3.36. The minimum absolute atomic E-state index is 0.0547. The molecule has 1 unspecified atom stereocenters. The second kappa shape index (κ2) is 9.63. The highest BCUT2D eigenvalue weighted by atomic mass is 16.5. The zero-order chi connectivity index (χ0) is 23.4. The molecule has 7 nitrogen and oxygen atoms in total. The van der Waals surface area contributed by atoms with E-state index in [-0.39, 0.29) is 35.4 Å². The number of aromatic nitrogens is 1. The molecule has 0 saturated carbocycles. The summed E-state index contributed by atoms with van der Waals surface area (Å²) in [6, 6.07) is 17.7. The summed E-state index contributed by atoms with van der Waals surface area (Å²) in [6.45, 7) is 2.36. The molecule has 4 rings (SSSR count). The molecule has 1 saturated heterocycles. The summed E-state index contributed by atoms with van der Waals surface area (Å²) in [6.07, 6.45) is 2.86. The van der Waals surface area contributed by atoms with Gasteiger partial charge in [-0.05, 0) is 37.5 Å². The number of carbonyl (C=O) groups is 1. The Balaban J connectivity index is 1.76. The first-order chi connectivity index (χ1) is 16.0. The van der Waals surface area contributed by atoms with Gasteiger partial charge in [-0.15, -0.1) is 0 Å². The van der Waals surface area contributed by atoms with Gasteiger partial charge in [-0.3, -0.25) is 19.1 Å². The standard InChI is InChI=1S/C26H23N3O4/c1-17-21(14-27)25(31)29(16-19-10-7-13-33-19)26(32)22(17)15-28-23-12-6-5-11-20(23)24(30)18-8-3-2-4-9-18/h2-6,8-9,11-12,15,19,32H,7,10,13,16H2,1H3. The first-order valence-electron chi connectivity index (χ1n) is 10.7. The first-order valence-corrected chi connectivity index (χ1v) is 10.7. The van der Waals surface area contributed by atoms with Gasteiger partial charge in [0.15, 0.2) is 5.78 Å². The molecule has 33 heavy (non-hydrogen) atoms. The summed E-state index contributed by atoms with van der Waals surface area (Å²) >= 11 is 0. The molecule has 1 atom stereocenters. The van der Waals surface area contributed by atoms with Gasteiger partial charge in [0.2, 0.25) is 5.88 Å². The number of ether oxygens (including phenoxy) is 1. The summed E-state index contributed by atoms with van der Waals surface area (Å²) in [5.41, 5.74) is 1.34. The summed E-state index contributed by atoms with van der Waals surface area (Å²) in [4.78, 5) is 30.2. The SMILES string of the molecule is Cc1c(C=Nc2ccccc2C(=O)c2ccccc2)c(O)n(CC2CCCO2)c(=O)c1C#N. The van der Waals surface area contributed by atoms with Crippen LogP contribution < -0.4 is 5.56 Å². The van der Waals surface area contributed by atoms with Crippen LogP contribution in [0.25, 0.3) is 0 Å². The number of carbonyl (C=O) groups excluding carboxylic acids is 1. The van der Waals surface area contributed by atoms with Gasteiger partial charge in [0, 0.05) is 23.9 Å². The van der Waals surface area contributed by atoms with Crippen molar-refractivity contribution in [3.05, 3.63) is 92.8 Å². The fraction of sp³-hybridized carbons (Fsp3) is 0.231. The second-order valence-corrected chi connectivity index (χ2v) is 7.87. The number of hydrogen-bond acceptors (Lipinski definition) is 6. The van der Waals surface area contributed by atoms with Crippen LogP contribution in [0.1, 0.15) is 45.5 Å². The average molecular weight is 441 g/mol. The fourth-order valence-corrected chi connectivity index (χ4v) is 3.94. The Kier molecular flexibility index (Phi) is 6.48. The highest BCUT2D eigenvalue weighted by molar-refractivity contribution is 6.12. The van der Waals surface area contributed by atoms with Crippen molar-refractivity contribution in [2.45, 2.75) is 32.4 Å². The van der Waals surface area contributed by atoms with E-state index >= 15 is 0 Å². The summed E-state index contributed by atoms with van der Waals surface area (Å²) < 4.78 is 6.77. The van der Waals surface area contributed by atoms with Gasteiger partial charge in [0.05, 0.1) is 23.9 Å². The van der Waals surface area contributed by atoms with E-state index in [0.29, 0.717) is 29.0 Å². The topological polar surface area (TPSA) is 105 Å². The third-order valence-electron chi connectivity index (χ3n) is 5.77. The minimum atomic E-state index is -0.556. The highest BCUT2D eigenvalue weighted by Crippen LogP contribution is 2.26. The molecular weight excluding hydrogens is 418 g/mol. The van der Waals surface area contributed by atoms with Crippen LogP contribution in [0.3, 0.4) is 0 Å². The lowest BCUT2D eigenvalue weighted by molar-refractivity contribution is 0.0938. The molecule has 1 aromatic heterocycles. The van der Waals surface area contributed by atoms with Crippen molar-refractivity contribution < 1.29 is 14.6 Å². The molecule has 2 heterocycles. The van der Waals surface area contributed by atoms with Crippen molar-refractivity contribution in [1.82, 2.24) is 4.57 Å². The fourth-order valence-electron chi connectivity index (χ4n) is 3.94. The van der Waals surface area contributed by atoms with Crippen LogP contribution in [-0.2, 0) is 11.3 Å². The monoisotopic (exact) mass is 441 g/mol. The van der Waals surface area contributed by atoms with Crippen molar-refractivity contribution >= 4 is 17.7 Å². The van der Waals surface area contributed by atoms with Crippen molar-refractivity contribution in [2.75, 3.05) is 6.61 Å². The van der Waals surface area contributed by atoms with Crippen LogP contribution in [-0.4, -0.2) is 34.4 Å². The van der Waals surface area contributed by atoms with Gasteiger partial charge in [-0.25, -0.2) is 0 Å². The van der Waals surface area contributed by atoms with Crippen molar-refractivity contribution in [3.63, 3.8) is 0 Å². The van der Waals surface area contributed by atoms with E-state index < -0.39 is 5.56 Å². The number of hydrogen-bond donors (Lipinski definition) is 1. The normalized spacial score (nSPS) is 15.6. The van der Waals surface area contributed by atoms with E-state index in [9.17, 15) is 20.0 Å². The largest absolute Gasteiger partial charge is 0.494 e. The molecule has 3 aromatic rings. The third-order valence-corrected chi connectivity index (χ3v) is 5.77. The minimum Gasteiger partial charge on any atom is -0.494 e. The number of benzene rings is 2. The predicted molar refractivity (Wildman–Crippen MR) is 124 cm³/mol. The Morgan fingerprint density at radius 2 is 1.97 bits per heavy atom. The van der Waals surface area contributed by atoms with Crippen LogP contribution >= 0.6 is 0 Å². The number of aliphatic imine (C=N–C) groups is 1. The first kappa shape index (κ1) is 22.2. The van der Waals surface area contributed by atoms with E-state index in [4.69, 9.17) is 4.74 Å². The number of aromatic hydroxyl groups is 1. The molecule has 0 spiro atoms. The number of pyridine rings is 1. The maximum absolute atomic E-state index is 13.0. The Morgan fingerprint density at radius 1 is 1.24 bits per heavy atom. The van der Waals surface area contributed by atoms with Crippen LogP contribution in [0.5, 0.6) is 5.88 Å². The molecule has 1 fully saturated rings. The number of nitriles is 1. The van der Waals surface area contributed by atoms with Gasteiger partial charge in [-0.2, -0.15) is 5.26 Å². The molecule has 166 valence electrons. The maximum Gasteiger partial charge on any atom is 0.271 e. The molecule has 7 heteroatoms. The van der Waals surface area contributed by atoms with E-state index in [2.05, 4.69) is 4.99 Å². The van der Waals surface area contributed by atoms with Crippen molar-refractivity contribution in [1.29, 1.82) is 5.26 Å². The molecule has 0 amide bonds. The zero-order valence-electron chi connectivity index (χ0n) is 18.2. The molecule has 0 bridgehead atoms. The quantitative estimate of drug-likeness (QED) is 0.461. The summed E-state index contributed by atoms with van der Waals surface area (Å²) in [5, 5.41) is 20.5. The maximum atomic E-state index is 13.0. The van der Waals surface area contributed by atoms with E-state index in [1.165, 1.54) is 10.8 Å². The zero-order valence-corrected chi connectivity index (χ0v) is 18.2. The molecule has 1 aliphatic rings. The predicted octanol–water partition coefficient (Wildman–Crippen LogP) is 3.89. The van der Waals surface area contributed by atoms with E-state index in [1.807, 2.05) is 12.1 Å². The number of para-hydroxylation sites is 1. The van der Waals surface area contributed by atoms with Crippen LogP contribution in [0.15, 0.2) is 64.4 Å². The van der Waals surface area contributed by atoms with Gasteiger partial charge in [-0.1, -0.05) is 42.5 Å². The van der Waals surface area contributed by atoms with Gasteiger partial charge >= 0.3 is 0 Å². The summed E-state index contributed by atoms with van der Waals surface area (Å²) in [7, 11) is 0. The molecule has 2 aromatic carbocycles. The van der Waals surface area contributed by atoms with Crippen LogP contribution in [0.2, 0.25) is 0 Å². The lowest BCUT2D eigenvalue weighted by Gasteiger charge is -2.17. The van der Waals surface area contributed by atoms with Gasteiger partial charge in [0.25, 0.3) is 5.56 Å². The Bertz CT molecular complexity index is 1310. The molecule has 0 radical (unpaired) electrons. The Labute approximate surface area is 191 Å². The number of rotatable bonds is 6. The van der Waals surface area contributed by atoms with Crippen LogP contribution in [0.4, 0.5) is 5.69 Å². The lowest BCUT2D eigenvalue weighted by atomic mass is 10.0. The molecular formula is C26H23N3O4. The van der Waals surface area contributed by atoms with Gasteiger partial charge < -0.3 is 9.84 Å². The third kappa shape index (κ3) is 4.47. The second-order valence-electron chi connectivity index (χ2n) is 7.87. The molecule has 0 aliphatic carbocycles. The Morgan fingerprint density at radius 3 is 2.67 bits per heavy atom. The summed E-state index contributed by atoms with van der Waals surface area (Å²) in [5.74, 6) is -0.451. The Hall–Kier alpha value is -4.02. The van der Waals surface area contributed by atoms with Gasteiger partial charge in [0.1, 0.15) is 11.6 Å². The van der Waals surface area contributed by atoms with Crippen molar-refractivity contribution in [2.24, 2.45) is 4.99 Å². The molecule has 1 aliphatic heterocycles. The number of nitrogens with zero attached hydrogens (tertiary/aromatic N) is 3. The number of ketones is 1. The lowest BCUT2D eigenvalue weighted by Crippen LogP contribution is -2.29. The highest BCUT2D eigenvalue weighted by Gasteiger charge is 2.23. The molecule has 1 N–H and O–H groups in total. The van der Waals surface area contributed by atoms with Crippen molar-refractivity contribution in [3.8, 4) is 11.9 Å². The smallest absolute Gasteiger partial charge is 0.271 e. The van der Waals surface area contributed by atoms with E-state index in [1.54, 1.807) is 55.5 Å². The van der Waals surface area contributed by atoms with E-state index in [0.717, 1.165) is 12.8 Å².